The first-order chi connectivity index (χ1) is 10.8. The zero-order valence-electron chi connectivity index (χ0n) is 13.3. The minimum absolute atomic E-state index is 0.0583. The summed E-state index contributed by atoms with van der Waals surface area (Å²) in [7, 11) is -3.22. The molecule has 122 valence electrons. The summed E-state index contributed by atoms with van der Waals surface area (Å²) in [6.45, 7) is 4.01. The molecule has 3 rings (SSSR count). The minimum Gasteiger partial charge on any atom is -0.311 e. The predicted octanol–water partition coefficient (Wildman–Crippen LogP) is 2.34. The van der Waals surface area contributed by atoms with Crippen molar-refractivity contribution >= 4 is 21.6 Å². The second-order valence-corrected chi connectivity index (χ2v) is 8.15. The fourth-order valence-corrected chi connectivity index (χ4v) is 3.51. The van der Waals surface area contributed by atoms with Crippen molar-refractivity contribution in [2.45, 2.75) is 37.1 Å². The number of nitrogens with zero attached hydrogens (tertiary/aromatic N) is 2. The first-order valence-corrected chi connectivity index (χ1v) is 9.34. The summed E-state index contributed by atoms with van der Waals surface area (Å²) < 4.78 is 24.9. The van der Waals surface area contributed by atoms with Crippen molar-refractivity contribution in [1.29, 1.82) is 0 Å². The van der Waals surface area contributed by atoms with Crippen LogP contribution in [-0.4, -0.2) is 30.4 Å². The number of hydrogen-bond donors (Lipinski definition) is 1. The van der Waals surface area contributed by atoms with Crippen molar-refractivity contribution in [3.63, 3.8) is 0 Å². The van der Waals surface area contributed by atoms with Crippen LogP contribution in [0, 0.1) is 0 Å². The van der Waals surface area contributed by atoms with Gasteiger partial charge in [0.05, 0.1) is 11.1 Å². The van der Waals surface area contributed by atoms with Crippen molar-refractivity contribution in [3.8, 4) is 0 Å². The fraction of sp³-hybridized carbons (Fsp3) is 0.375. The third kappa shape index (κ3) is 2.88. The van der Waals surface area contributed by atoms with Crippen LogP contribution in [0.5, 0.6) is 0 Å². The Hall–Kier alpha value is -2.15. The molecule has 2 heterocycles. The Balaban J connectivity index is 2.03. The molecule has 0 fully saturated rings. The Labute approximate surface area is 135 Å². The number of sulfone groups is 1. The van der Waals surface area contributed by atoms with Gasteiger partial charge in [-0.3, -0.25) is 4.79 Å². The van der Waals surface area contributed by atoms with E-state index in [4.69, 9.17) is 0 Å². The third-order valence-corrected chi connectivity index (χ3v) is 5.17. The number of carbonyl (C=O) groups excluding carboxylic acids is 1. The van der Waals surface area contributed by atoms with Gasteiger partial charge in [-0.05, 0) is 31.5 Å². The standard InChI is InChI=1S/C16H19N3O3S/c1-10(2)19-16-14(9-17-19)13(8-15(20)18-16)11-4-6-12(7-5-11)23(3,21)22/h4-7,9-10,13H,8H2,1-3H3,(H,18,20)/t13-/m0/s1. The van der Waals surface area contributed by atoms with E-state index in [9.17, 15) is 13.2 Å². The van der Waals surface area contributed by atoms with Crippen LogP contribution in [0.2, 0.25) is 0 Å². The molecular weight excluding hydrogens is 314 g/mol. The minimum atomic E-state index is -3.22. The lowest BCUT2D eigenvalue weighted by molar-refractivity contribution is -0.116. The van der Waals surface area contributed by atoms with Gasteiger partial charge in [0.2, 0.25) is 5.91 Å². The summed E-state index contributed by atoms with van der Waals surface area (Å²) in [4.78, 5) is 12.3. The molecule has 2 aromatic rings. The molecule has 0 bridgehead atoms. The van der Waals surface area contributed by atoms with E-state index >= 15 is 0 Å². The van der Waals surface area contributed by atoms with Crippen molar-refractivity contribution in [3.05, 3.63) is 41.6 Å². The Morgan fingerprint density at radius 1 is 1.26 bits per heavy atom. The number of amides is 1. The molecule has 0 radical (unpaired) electrons. The highest BCUT2D eigenvalue weighted by atomic mass is 32.2. The monoisotopic (exact) mass is 333 g/mol. The molecule has 1 aliphatic heterocycles. The highest BCUT2D eigenvalue weighted by Crippen LogP contribution is 2.38. The van der Waals surface area contributed by atoms with Crippen LogP contribution in [-0.2, 0) is 14.6 Å². The van der Waals surface area contributed by atoms with E-state index in [1.807, 2.05) is 13.8 Å². The van der Waals surface area contributed by atoms with Crippen LogP contribution < -0.4 is 5.32 Å². The molecule has 1 amide bonds. The van der Waals surface area contributed by atoms with E-state index in [0.29, 0.717) is 6.42 Å². The number of rotatable bonds is 3. The highest BCUT2D eigenvalue weighted by molar-refractivity contribution is 7.90. The van der Waals surface area contributed by atoms with Crippen LogP contribution in [0.1, 0.15) is 43.4 Å². The normalized spacial score (nSPS) is 17.9. The summed E-state index contributed by atoms with van der Waals surface area (Å²) >= 11 is 0. The van der Waals surface area contributed by atoms with E-state index in [1.54, 1.807) is 35.1 Å². The molecule has 0 saturated heterocycles. The zero-order chi connectivity index (χ0) is 16.8. The number of hydrogen-bond acceptors (Lipinski definition) is 4. The van der Waals surface area contributed by atoms with Gasteiger partial charge in [-0.1, -0.05) is 12.1 Å². The molecule has 1 N–H and O–H groups in total. The van der Waals surface area contributed by atoms with Gasteiger partial charge in [0.1, 0.15) is 5.82 Å². The van der Waals surface area contributed by atoms with Crippen LogP contribution >= 0.6 is 0 Å². The molecule has 1 aliphatic rings. The lowest BCUT2D eigenvalue weighted by atomic mass is 9.87. The average Bonchev–Trinajstić information content (AvgIpc) is 2.89. The lowest BCUT2D eigenvalue weighted by Crippen LogP contribution is -2.25. The molecule has 0 spiro atoms. The van der Waals surface area contributed by atoms with E-state index in [-0.39, 0.29) is 22.8 Å². The average molecular weight is 333 g/mol. The molecule has 0 saturated carbocycles. The Bertz CT molecular complexity index is 851. The van der Waals surface area contributed by atoms with E-state index in [0.717, 1.165) is 16.9 Å². The van der Waals surface area contributed by atoms with Gasteiger partial charge in [0.25, 0.3) is 0 Å². The molecule has 1 aromatic carbocycles. The number of carbonyl (C=O) groups is 1. The quantitative estimate of drug-likeness (QED) is 0.935. The second kappa shape index (κ2) is 5.49. The van der Waals surface area contributed by atoms with E-state index < -0.39 is 9.84 Å². The smallest absolute Gasteiger partial charge is 0.226 e. The Kier molecular flexibility index (Phi) is 3.75. The lowest BCUT2D eigenvalue weighted by Gasteiger charge is -2.24. The Morgan fingerprint density at radius 3 is 2.48 bits per heavy atom. The van der Waals surface area contributed by atoms with Gasteiger partial charge >= 0.3 is 0 Å². The van der Waals surface area contributed by atoms with Gasteiger partial charge < -0.3 is 5.32 Å². The molecule has 7 heteroatoms. The molecule has 23 heavy (non-hydrogen) atoms. The number of anilines is 1. The van der Waals surface area contributed by atoms with E-state index in [2.05, 4.69) is 10.4 Å². The molecule has 0 aliphatic carbocycles. The highest BCUT2D eigenvalue weighted by Gasteiger charge is 2.30. The number of aromatic nitrogens is 2. The van der Waals surface area contributed by atoms with Gasteiger partial charge in [-0.15, -0.1) is 0 Å². The summed E-state index contributed by atoms with van der Waals surface area (Å²) in [6, 6.07) is 6.87. The molecule has 1 aromatic heterocycles. The molecule has 0 unspecified atom stereocenters. The van der Waals surface area contributed by atoms with Gasteiger partial charge in [0.15, 0.2) is 9.84 Å². The third-order valence-electron chi connectivity index (χ3n) is 4.05. The van der Waals surface area contributed by atoms with Gasteiger partial charge in [-0.2, -0.15) is 5.10 Å². The first kappa shape index (κ1) is 15.7. The van der Waals surface area contributed by atoms with Crippen LogP contribution in [0.25, 0.3) is 0 Å². The zero-order valence-corrected chi connectivity index (χ0v) is 14.1. The molecular formula is C16H19N3O3S. The van der Waals surface area contributed by atoms with Crippen molar-refractivity contribution in [2.24, 2.45) is 0 Å². The summed E-state index contributed by atoms with van der Waals surface area (Å²) in [6.07, 6.45) is 3.29. The topological polar surface area (TPSA) is 81.1 Å². The van der Waals surface area contributed by atoms with Crippen molar-refractivity contribution in [1.82, 2.24) is 9.78 Å². The predicted molar refractivity (Wildman–Crippen MR) is 87.3 cm³/mol. The van der Waals surface area contributed by atoms with Crippen LogP contribution in [0.4, 0.5) is 5.82 Å². The Morgan fingerprint density at radius 2 is 1.91 bits per heavy atom. The van der Waals surface area contributed by atoms with Crippen molar-refractivity contribution < 1.29 is 13.2 Å². The second-order valence-electron chi connectivity index (χ2n) is 6.13. The number of fused-ring (bicyclic) bond motifs is 1. The van der Waals surface area contributed by atoms with Gasteiger partial charge in [0, 0.05) is 30.2 Å². The summed E-state index contributed by atoms with van der Waals surface area (Å²) in [5.41, 5.74) is 1.88. The maximum absolute atomic E-state index is 12.1. The molecule has 6 nitrogen and oxygen atoms in total. The summed E-state index contributed by atoms with van der Waals surface area (Å²) in [5.74, 6) is 0.561. The number of benzene rings is 1. The molecule has 1 atom stereocenters. The SMILES string of the molecule is CC(C)n1ncc2c1NC(=O)C[C@H]2c1ccc(S(C)(=O)=O)cc1. The largest absolute Gasteiger partial charge is 0.311 e. The summed E-state index contributed by atoms with van der Waals surface area (Å²) in [5, 5.41) is 7.26. The fourth-order valence-electron chi connectivity index (χ4n) is 2.87. The maximum atomic E-state index is 12.1. The van der Waals surface area contributed by atoms with Crippen LogP contribution in [0.3, 0.4) is 0 Å². The van der Waals surface area contributed by atoms with Crippen LogP contribution in [0.15, 0.2) is 35.4 Å². The maximum Gasteiger partial charge on any atom is 0.226 e. The van der Waals surface area contributed by atoms with E-state index in [1.165, 1.54) is 6.26 Å². The first-order valence-electron chi connectivity index (χ1n) is 7.44. The van der Waals surface area contributed by atoms with Gasteiger partial charge in [-0.25, -0.2) is 13.1 Å². The number of nitrogens with one attached hydrogen (secondary N) is 1. The van der Waals surface area contributed by atoms with Crippen molar-refractivity contribution in [2.75, 3.05) is 11.6 Å².